The van der Waals surface area contributed by atoms with Crippen LogP contribution in [0.5, 0.6) is 0 Å². The molecule has 15 heavy (non-hydrogen) atoms. The Bertz CT molecular complexity index is 150. The van der Waals surface area contributed by atoms with Gasteiger partial charge in [0.05, 0.1) is 32.5 Å². The number of nitrogens with one attached hydrogen (secondary N) is 1. The Hall–Kier alpha value is -0.200. The van der Waals surface area contributed by atoms with Gasteiger partial charge in [-0.2, -0.15) is 0 Å². The first-order valence-corrected chi connectivity index (χ1v) is 5.48. The molecule has 1 saturated heterocycles. The molecular weight excluding hydrogens is 198 g/mol. The van der Waals surface area contributed by atoms with E-state index in [-0.39, 0.29) is 6.10 Å². The molecule has 0 bridgehead atoms. The van der Waals surface area contributed by atoms with Gasteiger partial charge in [-0.15, -0.1) is 0 Å². The summed E-state index contributed by atoms with van der Waals surface area (Å²) < 4.78 is 15.8. The summed E-state index contributed by atoms with van der Waals surface area (Å²) in [5.74, 6) is 0. The highest BCUT2D eigenvalue weighted by molar-refractivity contribution is 4.66. The Morgan fingerprint density at radius 3 is 2.93 bits per heavy atom. The van der Waals surface area contributed by atoms with Crippen LogP contribution < -0.4 is 5.32 Å². The third-order valence-corrected chi connectivity index (χ3v) is 2.13. The smallest absolute Gasteiger partial charge is 0.101 e. The van der Waals surface area contributed by atoms with Gasteiger partial charge in [0.15, 0.2) is 0 Å². The SMILES string of the molecule is CCOCC(O)COCC1CNCCO1. The number of aliphatic hydroxyl groups is 1. The van der Waals surface area contributed by atoms with E-state index in [9.17, 15) is 5.11 Å². The highest BCUT2D eigenvalue weighted by Gasteiger charge is 2.14. The summed E-state index contributed by atoms with van der Waals surface area (Å²) in [5, 5.41) is 12.6. The van der Waals surface area contributed by atoms with Crippen molar-refractivity contribution in [1.82, 2.24) is 5.32 Å². The molecule has 90 valence electrons. The number of ether oxygens (including phenoxy) is 3. The van der Waals surface area contributed by atoms with E-state index in [2.05, 4.69) is 5.32 Å². The Kier molecular flexibility index (Phi) is 6.87. The van der Waals surface area contributed by atoms with Crippen LogP contribution in [0.1, 0.15) is 6.92 Å². The highest BCUT2D eigenvalue weighted by Crippen LogP contribution is 1.97. The molecule has 0 saturated carbocycles. The van der Waals surface area contributed by atoms with Crippen molar-refractivity contribution < 1.29 is 19.3 Å². The lowest BCUT2D eigenvalue weighted by Gasteiger charge is -2.23. The first-order chi connectivity index (χ1) is 7.33. The highest BCUT2D eigenvalue weighted by atomic mass is 16.5. The van der Waals surface area contributed by atoms with Crippen LogP contribution in [0.15, 0.2) is 0 Å². The van der Waals surface area contributed by atoms with E-state index in [4.69, 9.17) is 14.2 Å². The topological polar surface area (TPSA) is 60.0 Å². The van der Waals surface area contributed by atoms with E-state index >= 15 is 0 Å². The maximum Gasteiger partial charge on any atom is 0.101 e. The normalized spacial score (nSPS) is 24.0. The Morgan fingerprint density at radius 2 is 2.27 bits per heavy atom. The molecule has 0 spiro atoms. The molecule has 1 heterocycles. The number of morpholine rings is 1. The van der Waals surface area contributed by atoms with Crippen molar-refractivity contribution in [2.24, 2.45) is 0 Å². The summed E-state index contributed by atoms with van der Waals surface area (Å²) in [4.78, 5) is 0. The number of hydrogen-bond donors (Lipinski definition) is 2. The summed E-state index contributed by atoms with van der Waals surface area (Å²) >= 11 is 0. The molecule has 1 aliphatic heterocycles. The van der Waals surface area contributed by atoms with Crippen molar-refractivity contribution in [3.05, 3.63) is 0 Å². The first kappa shape index (κ1) is 12.9. The van der Waals surface area contributed by atoms with Gasteiger partial charge in [0, 0.05) is 19.7 Å². The van der Waals surface area contributed by atoms with E-state index in [0.29, 0.717) is 26.4 Å². The molecule has 2 unspecified atom stereocenters. The van der Waals surface area contributed by atoms with Gasteiger partial charge in [0.25, 0.3) is 0 Å². The summed E-state index contributed by atoms with van der Waals surface area (Å²) in [5.41, 5.74) is 0. The van der Waals surface area contributed by atoms with Crippen LogP contribution in [0.4, 0.5) is 0 Å². The van der Waals surface area contributed by atoms with Crippen LogP contribution in [-0.2, 0) is 14.2 Å². The summed E-state index contributed by atoms with van der Waals surface area (Å²) in [6.45, 7) is 6.14. The quantitative estimate of drug-likeness (QED) is 0.598. The molecule has 5 heteroatoms. The van der Waals surface area contributed by atoms with Crippen LogP contribution in [0.25, 0.3) is 0 Å². The Balaban J connectivity index is 1.94. The number of hydrogen-bond acceptors (Lipinski definition) is 5. The van der Waals surface area contributed by atoms with Gasteiger partial charge in [-0.25, -0.2) is 0 Å². The largest absolute Gasteiger partial charge is 0.388 e. The van der Waals surface area contributed by atoms with E-state index in [1.807, 2.05) is 6.92 Å². The maximum atomic E-state index is 9.40. The Labute approximate surface area is 90.7 Å². The zero-order valence-electron chi connectivity index (χ0n) is 9.28. The molecule has 0 radical (unpaired) electrons. The van der Waals surface area contributed by atoms with Gasteiger partial charge in [-0.3, -0.25) is 0 Å². The number of rotatable bonds is 7. The predicted octanol–water partition coefficient (Wildman–Crippen LogP) is -0.611. The molecular formula is C10H21NO4. The van der Waals surface area contributed by atoms with Crippen molar-refractivity contribution >= 4 is 0 Å². The molecule has 0 amide bonds. The summed E-state index contributed by atoms with van der Waals surface area (Å²) in [6, 6.07) is 0. The average Bonchev–Trinajstić information content (AvgIpc) is 2.28. The third-order valence-electron chi connectivity index (χ3n) is 2.13. The monoisotopic (exact) mass is 219 g/mol. The minimum absolute atomic E-state index is 0.109. The molecule has 1 rings (SSSR count). The first-order valence-electron chi connectivity index (χ1n) is 5.48. The zero-order valence-corrected chi connectivity index (χ0v) is 9.28. The van der Waals surface area contributed by atoms with Crippen molar-refractivity contribution in [1.29, 1.82) is 0 Å². The summed E-state index contributed by atoms with van der Waals surface area (Å²) in [7, 11) is 0. The summed E-state index contributed by atoms with van der Waals surface area (Å²) in [6.07, 6.45) is -0.431. The van der Waals surface area contributed by atoms with Gasteiger partial charge in [0.2, 0.25) is 0 Å². The molecule has 0 aromatic rings. The lowest BCUT2D eigenvalue weighted by molar-refractivity contribution is -0.0629. The van der Waals surface area contributed by atoms with Crippen LogP contribution >= 0.6 is 0 Å². The second-order valence-electron chi connectivity index (χ2n) is 3.55. The predicted molar refractivity (Wildman–Crippen MR) is 55.9 cm³/mol. The third kappa shape index (κ3) is 6.06. The molecule has 2 N–H and O–H groups in total. The lowest BCUT2D eigenvalue weighted by atomic mass is 10.3. The average molecular weight is 219 g/mol. The van der Waals surface area contributed by atoms with E-state index < -0.39 is 6.10 Å². The van der Waals surface area contributed by atoms with Crippen LogP contribution in [0.2, 0.25) is 0 Å². The number of aliphatic hydroxyl groups excluding tert-OH is 1. The molecule has 2 atom stereocenters. The van der Waals surface area contributed by atoms with Crippen molar-refractivity contribution in [3.8, 4) is 0 Å². The van der Waals surface area contributed by atoms with Crippen LogP contribution in [0, 0.1) is 0 Å². The van der Waals surface area contributed by atoms with Gasteiger partial charge < -0.3 is 24.6 Å². The van der Waals surface area contributed by atoms with Crippen molar-refractivity contribution in [2.45, 2.75) is 19.1 Å². The standard InChI is InChI=1S/C10H21NO4/c1-2-13-6-9(12)7-14-8-10-5-11-3-4-15-10/h9-12H,2-8H2,1H3. The van der Waals surface area contributed by atoms with E-state index in [0.717, 1.165) is 19.7 Å². The second-order valence-corrected chi connectivity index (χ2v) is 3.55. The molecule has 1 aliphatic rings. The zero-order chi connectivity index (χ0) is 10.9. The van der Waals surface area contributed by atoms with Gasteiger partial charge >= 0.3 is 0 Å². The van der Waals surface area contributed by atoms with Crippen molar-refractivity contribution in [2.75, 3.05) is 46.1 Å². The van der Waals surface area contributed by atoms with Crippen molar-refractivity contribution in [3.63, 3.8) is 0 Å². The van der Waals surface area contributed by atoms with Gasteiger partial charge in [-0.05, 0) is 6.92 Å². The van der Waals surface area contributed by atoms with Crippen LogP contribution in [0.3, 0.4) is 0 Å². The molecule has 0 aromatic heterocycles. The van der Waals surface area contributed by atoms with E-state index in [1.54, 1.807) is 0 Å². The minimum Gasteiger partial charge on any atom is -0.388 e. The molecule has 5 nitrogen and oxygen atoms in total. The van der Waals surface area contributed by atoms with Gasteiger partial charge in [-0.1, -0.05) is 0 Å². The maximum absolute atomic E-state index is 9.40. The molecule has 0 aliphatic carbocycles. The fraction of sp³-hybridized carbons (Fsp3) is 1.00. The Morgan fingerprint density at radius 1 is 1.47 bits per heavy atom. The fourth-order valence-corrected chi connectivity index (χ4v) is 1.36. The van der Waals surface area contributed by atoms with Crippen LogP contribution in [-0.4, -0.2) is 63.4 Å². The second kappa shape index (κ2) is 8.01. The lowest BCUT2D eigenvalue weighted by Crippen LogP contribution is -2.41. The van der Waals surface area contributed by atoms with E-state index in [1.165, 1.54) is 0 Å². The van der Waals surface area contributed by atoms with Gasteiger partial charge in [0.1, 0.15) is 6.10 Å². The molecule has 0 aromatic carbocycles. The minimum atomic E-state index is -0.540. The fourth-order valence-electron chi connectivity index (χ4n) is 1.36. The molecule has 1 fully saturated rings.